The largest absolute Gasteiger partial charge is 0.490 e. The van der Waals surface area contributed by atoms with Gasteiger partial charge in [-0.05, 0) is 12.1 Å². The first-order chi connectivity index (χ1) is 9.37. The summed E-state index contributed by atoms with van der Waals surface area (Å²) in [4.78, 5) is 17.2. The van der Waals surface area contributed by atoms with Crippen molar-refractivity contribution in [3.8, 4) is 5.75 Å². The maximum absolute atomic E-state index is 11.9. The molecule has 0 aromatic carbocycles. The Morgan fingerprint density at radius 2 is 2.25 bits per heavy atom. The third-order valence-electron chi connectivity index (χ3n) is 3.02. The van der Waals surface area contributed by atoms with E-state index in [9.17, 15) is 13.2 Å². The molecule has 2 rings (SSSR count). The number of amides is 1. The molecule has 0 unspecified atom stereocenters. The van der Waals surface area contributed by atoms with Gasteiger partial charge in [-0.15, -0.1) is 0 Å². The molecule has 20 heavy (non-hydrogen) atoms. The summed E-state index contributed by atoms with van der Waals surface area (Å²) in [7, 11) is -2.05. The van der Waals surface area contributed by atoms with Crippen LogP contribution in [-0.2, 0) is 19.1 Å². The molecule has 0 radical (unpaired) electrons. The number of nitrogens with zero attached hydrogens (tertiary/aromatic N) is 2. The molecule has 8 heteroatoms. The number of hydrogen-bond donors (Lipinski definition) is 0. The second kappa shape index (κ2) is 5.76. The molecule has 2 heterocycles. The highest BCUT2D eigenvalue weighted by atomic mass is 32.2. The number of carbonyl (C=O) groups excluding carboxylic acids is 1. The van der Waals surface area contributed by atoms with Crippen LogP contribution in [0.2, 0.25) is 0 Å². The van der Waals surface area contributed by atoms with Crippen molar-refractivity contribution in [3.63, 3.8) is 0 Å². The monoisotopic (exact) mass is 300 g/mol. The minimum Gasteiger partial charge on any atom is -0.490 e. The number of aromatic nitrogens is 1. The van der Waals surface area contributed by atoms with Crippen LogP contribution in [0.15, 0.2) is 24.5 Å². The first kappa shape index (κ1) is 14.7. The topological polar surface area (TPSA) is 85.8 Å². The zero-order valence-corrected chi connectivity index (χ0v) is 12.0. The Hall–Kier alpha value is -1.67. The van der Waals surface area contributed by atoms with Crippen LogP contribution >= 0.6 is 0 Å². The summed E-state index contributed by atoms with van der Waals surface area (Å²) < 4.78 is 32.5. The van der Waals surface area contributed by atoms with Gasteiger partial charge in [-0.3, -0.25) is 14.0 Å². The second-order valence-corrected chi connectivity index (χ2v) is 6.23. The molecular formula is C12H16N2O5S. The number of rotatable bonds is 5. The van der Waals surface area contributed by atoms with Crippen molar-refractivity contribution in [2.75, 3.05) is 19.9 Å². The third-order valence-corrected chi connectivity index (χ3v) is 3.61. The Morgan fingerprint density at radius 1 is 1.50 bits per heavy atom. The van der Waals surface area contributed by atoms with Crippen LogP contribution in [0.25, 0.3) is 0 Å². The van der Waals surface area contributed by atoms with E-state index in [0.717, 1.165) is 6.26 Å². The Labute approximate surface area is 117 Å². The molecule has 0 saturated carbocycles. The van der Waals surface area contributed by atoms with E-state index in [1.807, 2.05) is 0 Å². The van der Waals surface area contributed by atoms with E-state index in [1.165, 1.54) is 4.90 Å². The second-order valence-electron chi connectivity index (χ2n) is 4.63. The fourth-order valence-corrected chi connectivity index (χ4v) is 2.59. The van der Waals surface area contributed by atoms with Crippen molar-refractivity contribution in [2.45, 2.75) is 18.6 Å². The SMILES string of the molecule is CN1C(=O)[C@H](OS(C)(=O)=O)C[C@H]1COc1cccnc1. The van der Waals surface area contributed by atoms with Gasteiger partial charge < -0.3 is 9.64 Å². The molecule has 1 aliphatic rings. The lowest BCUT2D eigenvalue weighted by molar-refractivity contribution is -0.133. The number of hydrogen-bond acceptors (Lipinski definition) is 6. The molecule has 1 amide bonds. The lowest BCUT2D eigenvalue weighted by Gasteiger charge is -2.19. The fourth-order valence-electron chi connectivity index (χ4n) is 2.01. The van der Waals surface area contributed by atoms with E-state index in [4.69, 9.17) is 8.92 Å². The maximum Gasteiger partial charge on any atom is 0.265 e. The molecule has 1 aromatic heterocycles. The first-order valence-corrected chi connectivity index (χ1v) is 7.86. The van der Waals surface area contributed by atoms with Crippen molar-refractivity contribution in [2.24, 2.45) is 0 Å². The van der Waals surface area contributed by atoms with Crippen LogP contribution in [-0.4, -0.2) is 56.3 Å². The van der Waals surface area contributed by atoms with Gasteiger partial charge in [-0.25, -0.2) is 0 Å². The molecular weight excluding hydrogens is 284 g/mol. The third kappa shape index (κ3) is 3.67. The molecule has 110 valence electrons. The van der Waals surface area contributed by atoms with Crippen LogP contribution in [0.5, 0.6) is 5.75 Å². The van der Waals surface area contributed by atoms with Crippen molar-refractivity contribution < 1.29 is 22.1 Å². The van der Waals surface area contributed by atoms with Gasteiger partial charge in [0, 0.05) is 19.7 Å². The van der Waals surface area contributed by atoms with Crippen LogP contribution in [0.3, 0.4) is 0 Å². The molecule has 1 saturated heterocycles. The zero-order valence-electron chi connectivity index (χ0n) is 11.2. The number of likely N-dealkylation sites (N-methyl/N-ethyl adjacent to an activating group) is 1. The van der Waals surface area contributed by atoms with Crippen molar-refractivity contribution in [1.82, 2.24) is 9.88 Å². The normalized spacial score (nSPS) is 23.1. The van der Waals surface area contributed by atoms with Gasteiger partial charge in [-0.1, -0.05) is 0 Å². The summed E-state index contributed by atoms with van der Waals surface area (Å²) in [5.74, 6) is 0.246. The number of pyridine rings is 1. The van der Waals surface area contributed by atoms with Crippen LogP contribution in [0.4, 0.5) is 0 Å². The van der Waals surface area contributed by atoms with Gasteiger partial charge in [0.2, 0.25) is 0 Å². The highest BCUT2D eigenvalue weighted by Crippen LogP contribution is 2.22. The Balaban J connectivity index is 1.95. The predicted octanol–water partition coefficient (Wildman–Crippen LogP) is 0.0359. The summed E-state index contributed by atoms with van der Waals surface area (Å²) in [5, 5.41) is 0. The Kier molecular flexibility index (Phi) is 4.24. The van der Waals surface area contributed by atoms with Gasteiger partial charge in [0.15, 0.2) is 6.10 Å². The standard InChI is InChI=1S/C12H16N2O5S/c1-14-9(8-18-10-4-3-5-13-7-10)6-11(12(14)15)19-20(2,16)17/h3-5,7,9,11H,6,8H2,1-2H3/t9-,11+/m0/s1. The molecule has 0 bridgehead atoms. The van der Waals surface area contributed by atoms with Crippen molar-refractivity contribution in [3.05, 3.63) is 24.5 Å². The summed E-state index contributed by atoms with van der Waals surface area (Å²) in [6.07, 6.45) is 3.45. The fraction of sp³-hybridized carbons (Fsp3) is 0.500. The average Bonchev–Trinajstić information content (AvgIpc) is 2.64. The molecule has 2 atom stereocenters. The van der Waals surface area contributed by atoms with Crippen LogP contribution in [0.1, 0.15) is 6.42 Å². The highest BCUT2D eigenvalue weighted by molar-refractivity contribution is 7.86. The van der Waals surface area contributed by atoms with Crippen molar-refractivity contribution >= 4 is 16.0 Å². The smallest absolute Gasteiger partial charge is 0.265 e. The minimum atomic E-state index is -3.65. The maximum atomic E-state index is 11.9. The van der Waals surface area contributed by atoms with Crippen LogP contribution < -0.4 is 4.74 Å². The summed E-state index contributed by atoms with van der Waals surface area (Å²) in [6, 6.07) is 3.28. The molecule has 1 fully saturated rings. The van der Waals surface area contributed by atoms with E-state index in [1.54, 1.807) is 31.6 Å². The summed E-state index contributed by atoms with van der Waals surface area (Å²) in [5.41, 5.74) is 0. The van der Waals surface area contributed by atoms with E-state index in [2.05, 4.69) is 4.98 Å². The van der Waals surface area contributed by atoms with Crippen molar-refractivity contribution in [1.29, 1.82) is 0 Å². The number of likely N-dealkylation sites (tertiary alicyclic amines) is 1. The minimum absolute atomic E-state index is 0.227. The van der Waals surface area contributed by atoms with Gasteiger partial charge in [0.1, 0.15) is 12.4 Å². The highest BCUT2D eigenvalue weighted by Gasteiger charge is 2.40. The van der Waals surface area contributed by atoms with Gasteiger partial charge in [-0.2, -0.15) is 8.42 Å². The van der Waals surface area contributed by atoms with Gasteiger partial charge >= 0.3 is 0 Å². The first-order valence-electron chi connectivity index (χ1n) is 6.04. The van der Waals surface area contributed by atoms with E-state index in [0.29, 0.717) is 5.75 Å². The number of ether oxygens (including phenoxy) is 1. The van der Waals surface area contributed by atoms with E-state index >= 15 is 0 Å². The molecule has 7 nitrogen and oxygen atoms in total. The van der Waals surface area contributed by atoms with Gasteiger partial charge in [0.05, 0.1) is 18.5 Å². The quantitative estimate of drug-likeness (QED) is 0.714. The molecule has 0 aliphatic carbocycles. The summed E-state index contributed by atoms with van der Waals surface area (Å²) in [6.45, 7) is 0.261. The average molecular weight is 300 g/mol. The van der Waals surface area contributed by atoms with Crippen LogP contribution in [0, 0.1) is 0 Å². The molecule has 0 spiro atoms. The lowest BCUT2D eigenvalue weighted by atomic mass is 10.2. The van der Waals surface area contributed by atoms with Gasteiger partial charge in [0.25, 0.3) is 16.0 Å². The zero-order chi connectivity index (χ0) is 14.8. The van der Waals surface area contributed by atoms with E-state index in [-0.39, 0.29) is 25.0 Å². The predicted molar refractivity (Wildman–Crippen MR) is 70.6 cm³/mol. The number of carbonyl (C=O) groups is 1. The lowest BCUT2D eigenvalue weighted by Crippen LogP contribution is -2.34. The molecule has 1 aromatic rings. The van der Waals surface area contributed by atoms with E-state index < -0.39 is 16.2 Å². The summed E-state index contributed by atoms with van der Waals surface area (Å²) >= 11 is 0. The molecule has 0 N–H and O–H groups in total. The Bertz CT molecular complexity index is 575. The molecule has 1 aliphatic heterocycles. The Morgan fingerprint density at radius 3 is 2.85 bits per heavy atom.